The maximum Gasteiger partial charge on any atom is -0.0104 e. The first-order chi connectivity index (χ1) is 7.49. The third-order valence-electron chi connectivity index (χ3n) is 2.75. The maximum absolute atomic E-state index is 3.87. The van der Waals surface area contributed by atoms with E-state index in [4.69, 9.17) is 0 Å². The van der Waals surface area contributed by atoms with Crippen LogP contribution in [0.3, 0.4) is 0 Å². The topological polar surface area (TPSA) is 0 Å². The molecule has 0 fully saturated rings. The van der Waals surface area contributed by atoms with E-state index in [2.05, 4.69) is 41.2 Å². The summed E-state index contributed by atoms with van der Waals surface area (Å²) in [7, 11) is 0. The van der Waals surface area contributed by atoms with Crippen molar-refractivity contribution in [2.45, 2.75) is 74.1 Å². The molecule has 0 aromatic rings. The molecule has 0 aromatic carbocycles. The molecule has 1 aliphatic rings. The SMILES string of the molecule is C=CC1=C(C)CCCC1(C)C.CC.CCC. The zero-order valence-corrected chi connectivity index (χ0v) is 12.6. The summed E-state index contributed by atoms with van der Waals surface area (Å²) in [5.41, 5.74) is 3.39. The van der Waals surface area contributed by atoms with Crippen LogP contribution in [-0.2, 0) is 0 Å². The van der Waals surface area contributed by atoms with Crippen molar-refractivity contribution in [2.75, 3.05) is 0 Å². The van der Waals surface area contributed by atoms with Crippen molar-refractivity contribution < 1.29 is 0 Å². The molecular formula is C16H32. The molecule has 0 saturated heterocycles. The van der Waals surface area contributed by atoms with Gasteiger partial charge in [-0.15, -0.1) is 0 Å². The minimum atomic E-state index is 0.379. The Bertz CT molecular complexity index is 206. The van der Waals surface area contributed by atoms with Gasteiger partial charge >= 0.3 is 0 Å². The first kappa shape index (κ1) is 17.9. The normalized spacial score (nSPS) is 17.7. The Kier molecular flexibility index (Phi) is 10.8. The van der Waals surface area contributed by atoms with Crippen LogP contribution in [0.2, 0.25) is 0 Å². The molecule has 96 valence electrons. The molecule has 0 bridgehead atoms. The van der Waals surface area contributed by atoms with E-state index < -0.39 is 0 Å². The second-order valence-corrected chi connectivity index (χ2v) is 4.84. The number of rotatable bonds is 1. The van der Waals surface area contributed by atoms with Gasteiger partial charge < -0.3 is 0 Å². The monoisotopic (exact) mass is 224 g/mol. The molecule has 16 heavy (non-hydrogen) atoms. The Labute approximate surface area is 104 Å². The van der Waals surface area contributed by atoms with E-state index in [1.165, 1.54) is 36.8 Å². The summed E-state index contributed by atoms with van der Waals surface area (Å²) >= 11 is 0. The summed E-state index contributed by atoms with van der Waals surface area (Å²) < 4.78 is 0. The molecule has 1 aliphatic carbocycles. The van der Waals surface area contributed by atoms with Gasteiger partial charge in [-0.25, -0.2) is 0 Å². The minimum absolute atomic E-state index is 0.379. The van der Waals surface area contributed by atoms with Crippen molar-refractivity contribution >= 4 is 0 Å². The highest BCUT2D eigenvalue weighted by atomic mass is 14.3. The van der Waals surface area contributed by atoms with Crippen LogP contribution >= 0.6 is 0 Å². The molecule has 0 saturated carbocycles. The second-order valence-electron chi connectivity index (χ2n) is 4.84. The average molecular weight is 224 g/mol. The zero-order valence-electron chi connectivity index (χ0n) is 12.6. The third-order valence-corrected chi connectivity index (χ3v) is 2.75. The van der Waals surface area contributed by atoms with Crippen LogP contribution in [0.25, 0.3) is 0 Å². The average Bonchev–Trinajstić information content (AvgIpc) is 2.21. The maximum atomic E-state index is 3.87. The van der Waals surface area contributed by atoms with Crippen molar-refractivity contribution in [3.05, 3.63) is 23.8 Å². The fourth-order valence-corrected chi connectivity index (χ4v) is 2.09. The lowest BCUT2D eigenvalue weighted by Gasteiger charge is -2.32. The van der Waals surface area contributed by atoms with Crippen molar-refractivity contribution in [3.8, 4) is 0 Å². The predicted molar refractivity (Wildman–Crippen MR) is 77.8 cm³/mol. The standard InChI is InChI=1S/C11H18.C3H8.C2H6/c1-5-10-9(2)7-6-8-11(10,3)4;1-3-2;1-2/h5H,1,6-8H2,2-4H3;3H2,1-2H3;1-2H3. The van der Waals surface area contributed by atoms with Gasteiger partial charge in [-0.2, -0.15) is 0 Å². The lowest BCUT2D eigenvalue weighted by molar-refractivity contribution is 0.377. The summed E-state index contributed by atoms with van der Waals surface area (Å²) in [6, 6.07) is 0. The van der Waals surface area contributed by atoms with Gasteiger partial charge in [0.15, 0.2) is 0 Å². The van der Waals surface area contributed by atoms with Gasteiger partial charge in [0.1, 0.15) is 0 Å². The molecule has 1 rings (SSSR count). The molecule has 0 nitrogen and oxygen atoms in total. The smallest absolute Gasteiger partial charge is 0.0104 e. The molecule has 0 atom stereocenters. The molecule has 0 unspecified atom stereocenters. The van der Waals surface area contributed by atoms with E-state index in [9.17, 15) is 0 Å². The van der Waals surface area contributed by atoms with E-state index in [0.717, 1.165) is 0 Å². The first-order valence-electron chi connectivity index (χ1n) is 6.82. The molecule has 0 aliphatic heterocycles. The highest BCUT2D eigenvalue weighted by Gasteiger charge is 2.25. The lowest BCUT2D eigenvalue weighted by Crippen LogP contribution is -2.18. The Morgan fingerprint density at radius 2 is 1.69 bits per heavy atom. The third kappa shape index (κ3) is 6.15. The van der Waals surface area contributed by atoms with Gasteiger partial charge in [0.05, 0.1) is 0 Å². The lowest BCUT2D eigenvalue weighted by atomic mass is 9.73. The molecule has 0 spiro atoms. The molecular weight excluding hydrogens is 192 g/mol. The fourth-order valence-electron chi connectivity index (χ4n) is 2.09. The Morgan fingerprint density at radius 1 is 1.25 bits per heavy atom. The van der Waals surface area contributed by atoms with Crippen molar-refractivity contribution in [3.63, 3.8) is 0 Å². The zero-order chi connectivity index (χ0) is 13.2. The van der Waals surface area contributed by atoms with E-state index in [0.29, 0.717) is 5.41 Å². The van der Waals surface area contributed by atoms with E-state index in [1.807, 2.05) is 19.9 Å². The van der Waals surface area contributed by atoms with Crippen LogP contribution in [0.4, 0.5) is 0 Å². The number of hydrogen-bond donors (Lipinski definition) is 0. The first-order valence-corrected chi connectivity index (χ1v) is 6.82. The summed E-state index contributed by atoms with van der Waals surface area (Å²) in [6.45, 7) is 19.0. The van der Waals surface area contributed by atoms with Crippen LogP contribution in [0.15, 0.2) is 23.8 Å². The Morgan fingerprint density at radius 3 is 1.94 bits per heavy atom. The second kappa shape index (κ2) is 9.69. The van der Waals surface area contributed by atoms with Crippen LogP contribution < -0.4 is 0 Å². The summed E-state index contributed by atoms with van der Waals surface area (Å²) in [5.74, 6) is 0. The van der Waals surface area contributed by atoms with Crippen LogP contribution in [0.1, 0.15) is 74.1 Å². The quantitative estimate of drug-likeness (QED) is 0.501. The number of allylic oxidation sites excluding steroid dienone is 3. The predicted octanol–water partition coefficient (Wildman–Crippen LogP) is 6.14. The fraction of sp³-hybridized carbons (Fsp3) is 0.750. The highest BCUT2D eigenvalue weighted by Crippen LogP contribution is 2.40. The summed E-state index contributed by atoms with van der Waals surface area (Å²) in [6.07, 6.45) is 7.21. The van der Waals surface area contributed by atoms with Crippen LogP contribution in [0.5, 0.6) is 0 Å². The summed E-state index contributed by atoms with van der Waals surface area (Å²) in [5, 5.41) is 0. The van der Waals surface area contributed by atoms with E-state index in [-0.39, 0.29) is 0 Å². The molecule has 0 radical (unpaired) electrons. The Balaban J connectivity index is 0. The van der Waals surface area contributed by atoms with Gasteiger partial charge in [0.25, 0.3) is 0 Å². The van der Waals surface area contributed by atoms with Gasteiger partial charge in [-0.3, -0.25) is 0 Å². The summed E-state index contributed by atoms with van der Waals surface area (Å²) in [4.78, 5) is 0. The molecule has 0 heteroatoms. The van der Waals surface area contributed by atoms with E-state index in [1.54, 1.807) is 0 Å². The van der Waals surface area contributed by atoms with E-state index >= 15 is 0 Å². The molecule has 0 heterocycles. The number of hydrogen-bond acceptors (Lipinski definition) is 0. The van der Waals surface area contributed by atoms with Gasteiger partial charge in [-0.1, -0.05) is 66.2 Å². The molecule has 0 aromatic heterocycles. The largest absolute Gasteiger partial charge is 0.0988 e. The minimum Gasteiger partial charge on any atom is -0.0988 e. The van der Waals surface area contributed by atoms with Crippen molar-refractivity contribution in [1.82, 2.24) is 0 Å². The molecule has 0 amide bonds. The van der Waals surface area contributed by atoms with Crippen LogP contribution in [0, 0.1) is 5.41 Å². The van der Waals surface area contributed by atoms with Crippen molar-refractivity contribution in [2.24, 2.45) is 5.41 Å². The van der Waals surface area contributed by atoms with Crippen LogP contribution in [-0.4, -0.2) is 0 Å². The Hall–Kier alpha value is -0.520. The highest BCUT2D eigenvalue weighted by molar-refractivity contribution is 5.31. The van der Waals surface area contributed by atoms with Gasteiger partial charge in [0, 0.05) is 0 Å². The molecule has 0 N–H and O–H groups in total. The van der Waals surface area contributed by atoms with Gasteiger partial charge in [0.2, 0.25) is 0 Å². The van der Waals surface area contributed by atoms with Gasteiger partial charge in [-0.05, 0) is 37.2 Å². The van der Waals surface area contributed by atoms with Crippen molar-refractivity contribution in [1.29, 1.82) is 0 Å².